The second-order valence-electron chi connectivity index (χ2n) is 6.39. The van der Waals surface area contributed by atoms with Gasteiger partial charge in [-0.15, -0.1) is 24.8 Å². The second-order valence-corrected chi connectivity index (χ2v) is 6.39. The Labute approximate surface area is 145 Å². The van der Waals surface area contributed by atoms with E-state index in [1.807, 2.05) is 26.8 Å². The van der Waals surface area contributed by atoms with Crippen LogP contribution in [0.1, 0.15) is 42.6 Å². The van der Waals surface area contributed by atoms with E-state index in [0.717, 1.165) is 29.9 Å². The Balaban J connectivity index is 0.00000220. The lowest BCUT2D eigenvalue weighted by molar-refractivity contribution is 0.0946. The normalized spacial score (nSPS) is 14.1. The summed E-state index contributed by atoms with van der Waals surface area (Å²) in [6.07, 6.45) is 2.40. The molecule has 1 saturated heterocycles. The predicted molar refractivity (Wildman–Crippen MR) is 97.7 cm³/mol. The van der Waals surface area contributed by atoms with E-state index in [2.05, 4.69) is 22.3 Å². The van der Waals surface area contributed by atoms with Crippen LogP contribution in [-0.2, 0) is 0 Å². The summed E-state index contributed by atoms with van der Waals surface area (Å²) in [4.78, 5) is 14.7. The van der Waals surface area contributed by atoms with Gasteiger partial charge in [-0.05, 0) is 45.7 Å². The van der Waals surface area contributed by atoms with Gasteiger partial charge in [0.05, 0.1) is 5.56 Å². The highest BCUT2D eigenvalue weighted by molar-refractivity contribution is 6.00. The molecule has 0 spiro atoms. The lowest BCUT2D eigenvalue weighted by Crippen LogP contribution is -2.45. The quantitative estimate of drug-likeness (QED) is 0.880. The van der Waals surface area contributed by atoms with Crippen LogP contribution in [0, 0.1) is 6.92 Å². The fourth-order valence-corrected chi connectivity index (χ4v) is 2.47. The number of rotatable bonds is 4. The first-order valence-corrected chi connectivity index (χ1v) is 7.29. The number of benzene rings is 1. The summed E-state index contributed by atoms with van der Waals surface area (Å²) in [5.74, 6) is -0.0332. The fourth-order valence-electron chi connectivity index (χ4n) is 2.47. The molecule has 0 radical (unpaired) electrons. The van der Waals surface area contributed by atoms with E-state index in [0.29, 0.717) is 6.54 Å². The number of nitrogens with two attached hydrogens (primary N) is 1. The van der Waals surface area contributed by atoms with Crippen molar-refractivity contribution in [1.29, 1.82) is 0 Å². The van der Waals surface area contributed by atoms with Gasteiger partial charge in [0.1, 0.15) is 0 Å². The summed E-state index contributed by atoms with van der Waals surface area (Å²) in [7, 11) is 0. The van der Waals surface area contributed by atoms with Gasteiger partial charge < -0.3 is 16.0 Å². The van der Waals surface area contributed by atoms with E-state index in [-0.39, 0.29) is 30.7 Å². The van der Waals surface area contributed by atoms with Crippen molar-refractivity contribution < 1.29 is 4.79 Å². The molecule has 1 heterocycles. The Morgan fingerprint density at radius 3 is 2.41 bits per heavy atom. The molecule has 2 rings (SSSR count). The van der Waals surface area contributed by atoms with Crippen LogP contribution in [0.2, 0.25) is 0 Å². The zero-order chi connectivity index (χ0) is 14.8. The largest absolute Gasteiger partial charge is 0.371 e. The Morgan fingerprint density at radius 1 is 1.27 bits per heavy atom. The van der Waals surface area contributed by atoms with Gasteiger partial charge in [-0.3, -0.25) is 4.79 Å². The molecule has 0 saturated carbocycles. The molecule has 4 nitrogen and oxygen atoms in total. The third kappa shape index (κ3) is 5.67. The minimum atomic E-state index is -0.396. The summed E-state index contributed by atoms with van der Waals surface area (Å²) >= 11 is 0. The van der Waals surface area contributed by atoms with Gasteiger partial charge in [-0.1, -0.05) is 11.6 Å². The highest BCUT2D eigenvalue weighted by atomic mass is 35.5. The Bertz CT molecular complexity index is 495. The van der Waals surface area contributed by atoms with E-state index >= 15 is 0 Å². The molecule has 0 aliphatic carbocycles. The number of anilines is 1. The molecule has 22 heavy (non-hydrogen) atoms. The molecule has 1 amide bonds. The first-order valence-electron chi connectivity index (χ1n) is 7.29. The minimum absolute atomic E-state index is 0. The molecule has 0 bridgehead atoms. The molecular formula is C16H27Cl2N3O. The van der Waals surface area contributed by atoms with Crippen LogP contribution >= 0.6 is 24.8 Å². The molecule has 1 aliphatic heterocycles. The van der Waals surface area contributed by atoms with Gasteiger partial charge in [0.25, 0.3) is 5.91 Å². The van der Waals surface area contributed by atoms with Crippen molar-refractivity contribution in [2.24, 2.45) is 5.73 Å². The molecule has 1 aromatic carbocycles. The summed E-state index contributed by atoms with van der Waals surface area (Å²) in [5.41, 5.74) is 8.44. The Kier molecular flexibility index (Phi) is 8.23. The van der Waals surface area contributed by atoms with Crippen LogP contribution in [0.25, 0.3) is 0 Å². The molecule has 0 unspecified atom stereocenters. The first kappa shape index (κ1) is 21.0. The van der Waals surface area contributed by atoms with Gasteiger partial charge in [0.15, 0.2) is 0 Å². The van der Waals surface area contributed by atoms with E-state index in [9.17, 15) is 4.79 Å². The maximum absolute atomic E-state index is 12.4. The van der Waals surface area contributed by atoms with Gasteiger partial charge in [-0.25, -0.2) is 0 Å². The van der Waals surface area contributed by atoms with Gasteiger partial charge in [-0.2, -0.15) is 0 Å². The summed E-state index contributed by atoms with van der Waals surface area (Å²) in [6.45, 7) is 8.36. The molecule has 126 valence electrons. The predicted octanol–water partition coefficient (Wildman–Crippen LogP) is 2.91. The summed E-state index contributed by atoms with van der Waals surface area (Å²) in [6, 6.07) is 6.09. The van der Waals surface area contributed by atoms with E-state index < -0.39 is 5.54 Å². The zero-order valence-electron chi connectivity index (χ0n) is 13.5. The number of nitrogens with zero attached hydrogens (tertiary/aromatic N) is 1. The van der Waals surface area contributed by atoms with Crippen molar-refractivity contribution in [2.45, 2.75) is 39.2 Å². The Hall–Kier alpha value is -0.970. The maximum atomic E-state index is 12.4. The van der Waals surface area contributed by atoms with E-state index in [4.69, 9.17) is 5.73 Å². The number of carbonyl (C=O) groups is 1. The van der Waals surface area contributed by atoms with Crippen LogP contribution < -0.4 is 16.0 Å². The van der Waals surface area contributed by atoms with Crippen molar-refractivity contribution in [3.63, 3.8) is 0 Å². The van der Waals surface area contributed by atoms with Gasteiger partial charge >= 0.3 is 0 Å². The smallest absolute Gasteiger partial charge is 0.253 e. The minimum Gasteiger partial charge on any atom is -0.371 e. The number of nitrogens with one attached hydrogen (secondary N) is 1. The monoisotopic (exact) mass is 347 g/mol. The lowest BCUT2D eigenvalue weighted by atomic mass is 10.1. The highest BCUT2D eigenvalue weighted by Crippen LogP contribution is 2.25. The molecule has 6 heteroatoms. The SMILES string of the molecule is Cc1ccc(N2CCCC2)c(C(=O)NCC(C)(C)N)c1.Cl.Cl. The van der Waals surface area contributed by atoms with Crippen LogP contribution in [0.15, 0.2) is 18.2 Å². The van der Waals surface area contributed by atoms with Crippen molar-refractivity contribution in [3.8, 4) is 0 Å². The molecule has 0 aromatic heterocycles. The van der Waals surface area contributed by atoms with Gasteiger partial charge in [0.2, 0.25) is 0 Å². The number of carbonyl (C=O) groups excluding carboxylic acids is 1. The van der Waals surface area contributed by atoms with Gasteiger partial charge in [0, 0.05) is 30.9 Å². The van der Waals surface area contributed by atoms with Crippen LogP contribution in [0.5, 0.6) is 0 Å². The third-order valence-corrected chi connectivity index (χ3v) is 3.55. The van der Waals surface area contributed by atoms with Crippen molar-refractivity contribution in [3.05, 3.63) is 29.3 Å². The molecule has 1 aromatic rings. The van der Waals surface area contributed by atoms with Crippen molar-refractivity contribution >= 4 is 36.4 Å². The molecule has 1 aliphatic rings. The maximum Gasteiger partial charge on any atom is 0.253 e. The Morgan fingerprint density at radius 2 is 1.86 bits per heavy atom. The standard InChI is InChI=1S/C16H25N3O.2ClH/c1-12-6-7-14(19-8-4-5-9-19)13(10-12)15(20)18-11-16(2,3)17;;/h6-7,10H,4-5,8-9,11,17H2,1-3H3,(H,18,20);2*1H. The average Bonchev–Trinajstić information content (AvgIpc) is 2.88. The highest BCUT2D eigenvalue weighted by Gasteiger charge is 2.20. The topological polar surface area (TPSA) is 58.4 Å². The number of halogens is 2. The van der Waals surface area contributed by atoms with Crippen molar-refractivity contribution in [1.82, 2.24) is 5.32 Å². The summed E-state index contributed by atoms with van der Waals surface area (Å²) in [5, 5.41) is 2.94. The van der Waals surface area contributed by atoms with Crippen LogP contribution in [0.3, 0.4) is 0 Å². The molecule has 0 atom stereocenters. The number of hydrogen-bond donors (Lipinski definition) is 2. The van der Waals surface area contributed by atoms with Crippen molar-refractivity contribution in [2.75, 3.05) is 24.5 Å². The fraction of sp³-hybridized carbons (Fsp3) is 0.562. The van der Waals surface area contributed by atoms with E-state index in [1.54, 1.807) is 0 Å². The third-order valence-electron chi connectivity index (χ3n) is 3.55. The lowest BCUT2D eigenvalue weighted by Gasteiger charge is -2.23. The zero-order valence-corrected chi connectivity index (χ0v) is 15.1. The number of hydrogen-bond acceptors (Lipinski definition) is 3. The van der Waals surface area contributed by atoms with Crippen LogP contribution in [0.4, 0.5) is 5.69 Å². The summed E-state index contributed by atoms with van der Waals surface area (Å²) < 4.78 is 0. The molecule has 1 fully saturated rings. The average molecular weight is 348 g/mol. The number of amides is 1. The van der Waals surface area contributed by atoms with E-state index in [1.165, 1.54) is 12.8 Å². The molecule has 3 N–H and O–H groups in total. The first-order chi connectivity index (χ1) is 9.37. The second kappa shape index (κ2) is 8.61. The van der Waals surface area contributed by atoms with Crippen LogP contribution in [-0.4, -0.2) is 31.1 Å². The number of aryl methyl sites for hydroxylation is 1. The molecular weight excluding hydrogens is 321 g/mol.